The van der Waals surface area contributed by atoms with Crippen LogP contribution in [-0.4, -0.2) is 34.5 Å². The lowest BCUT2D eigenvalue weighted by atomic mass is 10.3. The molecule has 16 heavy (non-hydrogen) atoms. The molecule has 1 aliphatic rings. The highest BCUT2D eigenvalue weighted by Crippen LogP contribution is 2.18. The third kappa shape index (κ3) is 2.15. The molecule has 0 saturated carbocycles. The zero-order valence-corrected chi connectivity index (χ0v) is 10.9. The standard InChI is InChI=1S/C11H16BrN3O/c1-2-14-6-8(12)5-10(14)11(16)15-4-3-9(13)7-15/h5-6,9H,2-4,7,13H2,1H3/t9-/m1/s1. The van der Waals surface area contributed by atoms with E-state index in [1.165, 1.54) is 0 Å². The van der Waals surface area contributed by atoms with Gasteiger partial charge in [0, 0.05) is 36.3 Å². The number of amides is 1. The number of halogens is 1. The molecular weight excluding hydrogens is 270 g/mol. The minimum absolute atomic E-state index is 0.0838. The normalized spacial score (nSPS) is 20.4. The number of carbonyl (C=O) groups is 1. The average molecular weight is 286 g/mol. The van der Waals surface area contributed by atoms with Crippen LogP contribution in [0.2, 0.25) is 0 Å². The third-order valence-electron chi connectivity index (χ3n) is 2.93. The van der Waals surface area contributed by atoms with Crippen LogP contribution in [0.3, 0.4) is 0 Å². The molecule has 1 atom stereocenters. The lowest BCUT2D eigenvalue weighted by Gasteiger charge is -2.16. The minimum Gasteiger partial charge on any atom is -0.343 e. The van der Waals surface area contributed by atoms with Crippen LogP contribution in [-0.2, 0) is 6.54 Å². The van der Waals surface area contributed by atoms with E-state index >= 15 is 0 Å². The summed E-state index contributed by atoms with van der Waals surface area (Å²) in [4.78, 5) is 14.0. The molecule has 1 saturated heterocycles. The van der Waals surface area contributed by atoms with E-state index in [0.29, 0.717) is 6.54 Å². The number of aryl methyl sites for hydroxylation is 1. The Hall–Kier alpha value is -0.810. The van der Waals surface area contributed by atoms with Crippen molar-refractivity contribution in [2.45, 2.75) is 25.9 Å². The van der Waals surface area contributed by atoms with Crippen LogP contribution >= 0.6 is 15.9 Å². The summed E-state index contributed by atoms with van der Waals surface area (Å²) in [5.74, 6) is 0.0838. The maximum atomic E-state index is 12.2. The first-order valence-electron chi connectivity index (χ1n) is 5.52. The second-order valence-electron chi connectivity index (χ2n) is 4.13. The monoisotopic (exact) mass is 285 g/mol. The quantitative estimate of drug-likeness (QED) is 0.894. The van der Waals surface area contributed by atoms with Crippen molar-refractivity contribution >= 4 is 21.8 Å². The molecule has 1 aromatic rings. The summed E-state index contributed by atoms with van der Waals surface area (Å²) in [6, 6.07) is 2.01. The first-order chi connectivity index (χ1) is 7.61. The Morgan fingerprint density at radius 3 is 3.00 bits per heavy atom. The van der Waals surface area contributed by atoms with E-state index in [2.05, 4.69) is 15.9 Å². The first kappa shape index (κ1) is 11.7. The van der Waals surface area contributed by atoms with Gasteiger partial charge in [-0.15, -0.1) is 0 Å². The Morgan fingerprint density at radius 1 is 1.69 bits per heavy atom. The summed E-state index contributed by atoms with van der Waals surface area (Å²) >= 11 is 3.40. The highest BCUT2D eigenvalue weighted by atomic mass is 79.9. The molecular formula is C11H16BrN3O. The lowest BCUT2D eigenvalue weighted by Crippen LogP contribution is -2.33. The Balaban J connectivity index is 2.20. The molecule has 0 radical (unpaired) electrons. The van der Waals surface area contributed by atoms with Crippen molar-refractivity contribution in [2.75, 3.05) is 13.1 Å². The minimum atomic E-state index is 0.0838. The maximum Gasteiger partial charge on any atom is 0.270 e. The van der Waals surface area contributed by atoms with Crippen molar-refractivity contribution in [1.29, 1.82) is 0 Å². The smallest absolute Gasteiger partial charge is 0.270 e. The Bertz CT molecular complexity index is 402. The van der Waals surface area contributed by atoms with E-state index in [4.69, 9.17) is 5.73 Å². The van der Waals surface area contributed by atoms with Crippen LogP contribution in [0.25, 0.3) is 0 Å². The van der Waals surface area contributed by atoms with Crippen LogP contribution in [0, 0.1) is 0 Å². The fraction of sp³-hybridized carbons (Fsp3) is 0.545. The number of rotatable bonds is 2. The zero-order valence-electron chi connectivity index (χ0n) is 9.32. The number of nitrogens with zero attached hydrogens (tertiary/aromatic N) is 2. The Kier molecular flexibility index (Phi) is 3.35. The van der Waals surface area contributed by atoms with E-state index < -0.39 is 0 Å². The molecule has 0 aromatic carbocycles. The number of aromatic nitrogens is 1. The van der Waals surface area contributed by atoms with Gasteiger partial charge in [0.2, 0.25) is 0 Å². The van der Waals surface area contributed by atoms with Gasteiger partial charge < -0.3 is 15.2 Å². The number of likely N-dealkylation sites (tertiary alicyclic amines) is 1. The van der Waals surface area contributed by atoms with E-state index in [1.54, 1.807) is 0 Å². The van der Waals surface area contributed by atoms with Crippen molar-refractivity contribution in [3.63, 3.8) is 0 Å². The van der Waals surface area contributed by atoms with Crippen LogP contribution in [0.15, 0.2) is 16.7 Å². The zero-order chi connectivity index (χ0) is 11.7. The lowest BCUT2D eigenvalue weighted by molar-refractivity contribution is 0.0780. The predicted octanol–water partition coefficient (Wildman–Crippen LogP) is 1.44. The molecule has 0 bridgehead atoms. The van der Waals surface area contributed by atoms with E-state index in [9.17, 15) is 4.79 Å². The second-order valence-corrected chi connectivity index (χ2v) is 5.05. The SMILES string of the molecule is CCn1cc(Br)cc1C(=O)N1CC[C@@H](N)C1. The van der Waals surface area contributed by atoms with Gasteiger partial charge in [-0.3, -0.25) is 4.79 Å². The van der Waals surface area contributed by atoms with Crippen molar-refractivity contribution in [3.05, 3.63) is 22.4 Å². The van der Waals surface area contributed by atoms with Gasteiger partial charge >= 0.3 is 0 Å². The van der Waals surface area contributed by atoms with Gasteiger partial charge in [0.05, 0.1) is 0 Å². The number of carbonyl (C=O) groups excluding carboxylic acids is 1. The largest absolute Gasteiger partial charge is 0.343 e. The second kappa shape index (κ2) is 4.59. The highest BCUT2D eigenvalue weighted by molar-refractivity contribution is 9.10. The van der Waals surface area contributed by atoms with Crippen molar-refractivity contribution < 1.29 is 4.79 Å². The third-order valence-corrected chi connectivity index (χ3v) is 3.37. The average Bonchev–Trinajstić information content (AvgIpc) is 2.83. The Labute approximate surface area is 104 Å². The highest BCUT2D eigenvalue weighted by Gasteiger charge is 2.26. The fourth-order valence-corrected chi connectivity index (χ4v) is 2.51. The fourth-order valence-electron chi connectivity index (χ4n) is 2.05. The van der Waals surface area contributed by atoms with Gasteiger partial charge in [-0.2, -0.15) is 0 Å². The number of nitrogens with two attached hydrogens (primary N) is 1. The molecule has 2 heterocycles. The van der Waals surface area contributed by atoms with Gasteiger partial charge in [-0.25, -0.2) is 0 Å². The van der Waals surface area contributed by atoms with Gasteiger partial charge in [-0.1, -0.05) is 0 Å². The first-order valence-corrected chi connectivity index (χ1v) is 6.31. The van der Waals surface area contributed by atoms with Gasteiger partial charge in [0.1, 0.15) is 5.69 Å². The molecule has 1 aromatic heterocycles. The predicted molar refractivity (Wildman–Crippen MR) is 66.3 cm³/mol. The van der Waals surface area contributed by atoms with E-state index in [-0.39, 0.29) is 11.9 Å². The van der Waals surface area contributed by atoms with E-state index in [1.807, 2.05) is 28.7 Å². The van der Waals surface area contributed by atoms with Gasteiger partial charge in [0.25, 0.3) is 5.91 Å². The summed E-state index contributed by atoms with van der Waals surface area (Å²) in [5.41, 5.74) is 6.55. The summed E-state index contributed by atoms with van der Waals surface area (Å²) in [7, 11) is 0. The molecule has 4 nitrogen and oxygen atoms in total. The summed E-state index contributed by atoms with van der Waals surface area (Å²) in [5, 5.41) is 0. The van der Waals surface area contributed by atoms with Gasteiger partial charge in [-0.05, 0) is 35.3 Å². The molecule has 2 rings (SSSR count). The van der Waals surface area contributed by atoms with Crippen molar-refractivity contribution in [3.8, 4) is 0 Å². The summed E-state index contributed by atoms with van der Waals surface area (Å²) in [6.45, 7) is 4.27. The van der Waals surface area contributed by atoms with Gasteiger partial charge in [0.15, 0.2) is 0 Å². The van der Waals surface area contributed by atoms with Crippen molar-refractivity contribution in [2.24, 2.45) is 5.73 Å². The molecule has 5 heteroatoms. The molecule has 2 N–H and O–H groups in total. The molecule has 0 unspecified atom stereocenters. The van der Waals surface area contributed by atoms with Crippen LogP contribution < -0.4 is 5.73 Å². The number of hydrogen-bond acceptors (Lipinski definition) is 2. The summed E-state index contributed by atoms with van der Waals surface area (Å²) in [6.07, 6.45) is 2.84. The van der Waals surface area contributed by atoms with Crippen LogP contribution in [0.5, 0.6) is 0 Å². The molecule has 1 amide bonds. The molecule has 1 fully saturated rings. The van der Waals surface area contributed by atoms with Crippen molar-refractivity contribution in [1.82, 2.24) is 9.47 Å². The molecule has 1 aliphatic heterocycles. The van der Waals surface area contributed by atoms with Crippen LogP contribution in [0.4, 0.5) is 0 Å². The topological polar surface area (TPSA) is 51.3 Å². The molecule has 0 spiro atoms. The summed E-state index contributed by atoms with van der Waals surface area (Å²) < 4.78 is 2.90. The van der Waals surface area contributed by atoms with Crippen LogP contribution in [0.1, 0.15) is 23.8 Å². The number of hydrogen-bond donors (Lipinski definition) is 1. The maximum absolute atomic E-state index is 12.2. The molecule has 0 aliphatic carbocycles. The molecule has 88 valence electrons. The van der Waals surface area contributed by atoms with E-state index in [0.717, 1.165) is 29.7 Å². The Morgan fingerprint density at radius 2 is 2.44 bits per heavy atom.